The van der Waals surface area contributed by atoms with Gasteiger partial charge in [0, 0.05) is 36.8 Å². The number of piperazine rings is 2. The fourth-order valence-corrected chi connectivity index (χ4v) is 3.66. The summed E-state index contributed by atoms with van der Waals surface area (Å²) in [7, 11) is 0. The van der Waals surface area contributed by atoms with E-state index in [1.165, 1.54) is 0 Å². The quantitative estimate of drug-likeness (QED) is 0.749. The minimum absolute atomic E-state index is 0.0336. The minimum Gasteiger partial charge on any atom is -0.307 e. The monoisotopic (exact) mass is 368 g/mol. The van der Waals surface area contributed by atoms with Gasteiger partial charge >= 0.3 is 0 Å². The molecule has 1 atom stereocenters. The second kappa shape index (κ2) is 6.90. The van der Waals surface area contributed by atoms with Gasteiger partial charge in [-0.05, 0) is 23.8 Å². The number of fused-ring (bicyclic) bond motifs is 1. The Hall–Kier alpha value is -2.69. The van der Waals surface area contributed by atoms with Crippen molar-refractivity contribution < 1.29 is 4.79 Å². The molecule has 1 aromatic heterocycles. The molecular weight excluding hydrogens is 352 g/mol. The largest absolute Gasteiger partial charge is 0.307 e. The highest BCUT2D eigenvalue weighted by atomic mass is 35.5. The van der Waals surface area contributed by atoms with Crippen LogP contribution in [0.25, 0.3) is 11.1 Å². The van der Waals surface area contributed by atoms with Gasteiger partial charge in [0.2, 0.25) is 5.91 Å². The van der Waals surface area contributed by atoms with Crippen LogP contribution in [0.15, 0.2) is 36.5 Å². The summed E-state index contributed by atoms with van der Waals surface area (Å²) >= 11 is 6.07. The summed E-state index contributed by atoms with van der Waals surface area (Å²) in [5, 5.41) is 18.0. The molecule has 1 aromatic carbocycles. The Bertz CT molecular complexity index is 882. The summed E-state index contributed by atoms with van der Waals surface area (Å²) in [6.45, 7) is 3.15. The standard InChI is InChI=1S/C18H17ClN6O/c19-15-3-1-2-13(8-15)14-9-17(22-21-10-14)25-7-6-24-5-4-23(12-20)11-16(24)18(25)26/h1-3,8-10,16H,4-7,11H2/t16-/m1/s1. The molecule has 2 aliphatic rings. The Morgan fingerprint density at radius 3 is 2.81 bits per heavy atom. The summed E-state index contributed by atoms with van der Waals surface area (Å²) in [5.74, 6) is 0.495. The number of carbonyl (C=O) groups is 1. The number of aromatic nitrogens is 2. The first-order valence-electron chi connectivity index (χ1n) is 8.44. The highest BCUT2D eigenvalue weighted by Crippen LogP contribution is 2.26. The van der Waals surface area contributed by atoms with Crippen molar-refractivity contribution in [2.75, 3.05) is 37.6 Å². The van der Waals surface area contributed by atoms with Crippen LogP contribution in [0.4, 0.5) is 5.82 Å². The fourth-order valence-electron chi connectivity index (χ4n) is 3.47. The molecule has 0 aliphatic carbocycles. The van der Waals surface area contributed by atoms with Crippen molar-refractivity contribution in [2.45, 2.75) is 6.04 Å². The molecule has 0 bridgehead atoms. The number of anilines is 1. The van der Waals surface area contributed by atoms with Gasteiger partial charge in [-0.15, -0.1) is 5.10 Å². The molecule has 3 heterocycles. The third kappa shape index (κ3) is 3.09. The van der Waals surface area contributed by atoms with Gasteiger partial charge in [-0.2, -0.15) is 10.4 Å². The van der Waals surface area contributed by atoms with Crippen LogP contribution >= 0.6 is 11.6 Å². The van der Waals surface area contributed by atoms with Crippen LogP contribution in [0.2, 0.25) is 5.02 Å². The summed E-state index contributed by atoms with van der Waals surface area (Å²) in [4.78, 5) is 18.4. The Balaban J connectivity index is 1.61. The van der Waals surface area contributed by atoms with E-state index in [1.54, 1.807) is 16.0 Å². The zero-order valence-corrected chi connectivity index (χ0v) is 14.8. The molecular formula is C18H17ClN6O. The Morgan fingerprint density at radius 2 is 2.00 bits per heavy atom. The van der Waals surface area contributed by atoms with Crippen LogP contribution in [-0.2, 0) is 4.79 Å². The first-order valence-corrected chi connectivity index (χ1v) is 8.82. The van der Waals surface area contributed by atoms with E-state index in [4.69, 9.17) is 16.9 Å². The molecule has 0 spiro atoms. The van der Waals surface area contributed by atoms with Crippen LogP contribution in [-0.4, -0.2) is 64.7 Å². The summed E-state index contributed by atoms with van der Waals surface area (Å²) in [6.07, 6.45) is 3.80. The molecule has 0 unspecified atom stereocenters. The van der Waals surface area contributed by atoms with Crippen LogP contribution in [0.3, 0.4) is 0 Å². The molecule has 0 saturated carbocycles. The van der Waals surface area contributed by atoms with Gasteiger partial charge in [0.05, 0.1) is 12.7 Å². The van der Waals surface area contributed by atoms with Gasteiger partial charge in [0.15, 0.2) is 12.0 Å². The molecule has 1 amide bonds. The highest BCUT2D eigenvalue weighted by Gasteiger charge is 2.39. The van der Waals surface area contributed by atoms with E-state index in [9.17, 15) is 4.79 Å². The maximum Gasteiger partial charge on any atom is 0.247 e. The van der Waals surface area contributed by atoms with Gasteiger partial charge in [0.25, 0.3) is 0 Å². The number of rotatable bonds is 2. The van der Waals surface area contributed by atoms with Crippen molar-refractivity contribution in [3.05, 3.63) is 41.6 Å². The maximum absolute atomic E-state index is 13.0. The molecule has 132 valence electrons. The normalized spacial score (nSPS) is 20.6. The van der Waals surface area contributed by atoms with Gasteiger partial charge in [-0.1, -0.05) is 23.7 Å². The van der Waals surface area contributed by atoms with Gasteiger partial charge in [-0.25, -0.2) is 0 Å². The van der Waals surface area contributed by atoms with Crippen LogP contribution < -0.4 is 4.90 Å². The van der Waals surface area contributed by atoms with E-state index < -0.39 is 0 Å². The summed E-state index contributed by atoms with van der Waals surface area (Å²) in [5.41, 5.74) is 1.78. The number of benzene rings is 1. The van der Waals surface area contributed by atoms with E-state index in [2.05, 4.69) is 21.3 Å². The molecule has 26 heavy (non-hydrogen) atoms. The first kappa shape index (κ1) is 16.8. The predicted octanol–water partition coefficient (Wildman–Crippen LogP) is 1.61. The molecule has 2 aromatic rings. The average Bonchev–Trinajstić information content (AvgIpc) is 2.68. The number of nitriles is 1. The molecule has 4 rings (SSSR count). The molecule has 2 saturated heterocycles. The number of hydrogen-bond donors (Lipinski definition) is 0. The number of nitrogens with zero attached hydrogens (tertiary/aromatic N) is 6. The van der Waals surface area contributed by atoms with E-state index in [0.717, 1.165) is 24.2 Å². The number of halogens is 1. The average molecular weight is 369 g/mol. The third-order valence-corrected chi connectivity index (χ3v) is 5.11. The first-order chi connectivity index (χ1) is 12.7. The van der Waals surface area contributed by atoms with Crippen LogP contribution in [0, 0.1) is 11.5 Å². The maximum atomic E-state index is 13.0. The summed E-state index contributed by atoms with van der Waals surface area (Å²) in [6, 6.07) is 9.03. The van der Waals surface area contributed by atoms with Crippen LogP contribution in [0.5, 0.6) is 0 Å². The zero-order valence-electron chi connectivity index (χ0n) is 14.0. The molecule has 7 nitrogen and oxygen atoms in total. The number of hydrogen-bond acceptors (Lipinski definition) is 6. The lowest BCUT2D eigenvalue weighted by Crippen LogP contribution is -2.64. The van der Waals surface area contributed by atoms with E-state index >= 15 is 0 Å². The van der Waals surface area contributed by atoms with Crippen LogP contribution in [0.1, 0.15) is 0 Å². The Kier molecular flexibility index (Phi) is 4.45. The lowest BCUT2D eigenvalue weighted by Gasteiger charge is -2.44. The molecule has 8 heteroatoms. The summed E-state index contributed by atoms with van der Waals surface area (Å²) < 4.78 is 0. The van der Waals surface area contributed by atoms with Gasteiger partial charge in [0.1, 0.15) is 6.04 Å². The van der Waals surface area contributed by atoms with E-state index in [1.807, 2.05) is 30.3 Å². The van der Waals surface area contributed by atoms with Gasteiger partial charge in [-0.3, -0.25) is 14.6 Å². The van der Waals surface area contributed by atoms with Gasteiger partial charge < -0.3 is 4.90 Å². The number of amides is 1. The zero-order chi connectivity index (χ0) is 18.1. The SMILES string of the molecule is N#CN1CCN2CCN(c3cc(-c4cccc(Cl)c4)cnn3)C(=O)[C@H]2C1. The van der Waals surface area contributed by atoms with E-state index in [-0.39, 0.29) is 11.9 Å². The van der Waals surface area contributed by atoms with Crippen molar-refractivity contribution in [3.63, 3.8) is 0 Å². The lowest BCUT2D eigenvalue weighted by atomic mass is 10.1. The molecule has 0 N–H and O–H groups in total. The van der Waals surface area contributed by atoms with Crippen molar-refractivity contribution in [2.24, 2.45) is 0 Å². The van der Waals surface area contributed by atoms with Crippen molar-refractivity contribution in [1.29, 1.82) is 5.26 Å². The smallest absolute Gasteiger partial charge is 0.247 e. The lowest BCUT2D eigenvalue weighted by molar-refractivity contribution is -0.127. The van der Waals surface area contributed by atoms with Crippen molar-refractivity contribution in [1.82, 2.24) is 20.0 Å². The van der Waals surface area contributed by atoms with E-state index in [0.29, 0.717) is 30.5 Å². The van der Waals surface area contributed by atoms with Crippen molar-refractivity contribution >= 4 is 23.3 Å². The molecule has 2 fully saturated rings. The topological polar surface area (TPSA) is 76.4 Å². The second-order valence-electron chi connectivity index (χ2n) is 6.40. The van der Waals surface area contributed by atoms with Crippen molar-refractivity contribution in [3.8, 4) is 17.3 Å². The third-order valence-electron chi connectivity index (χ3n) is 4.87. The molecule has 0 radical (unpaired) electrons. The number of carbonyl (C=O) groups excluding carboxylic acids is 1. The highest BCUT2D eigenvalue weighted by molar-refractivity contribution is 6.30. The Labute approximate surface area is 156 Å². The molecule has 2 aliphatic heterocycles. The predicted molar refractivity (Wildman–Crippen MR) is 97.4 cm³/mol. The second-order valence-corrected chi connectivity index (χ2v) is 6.84. The fraction of sp³-hybridized carbons (Fsp3) is 0.333. The Morgan fingerprint density at radius 1 is 1.15 bits per heavy atom. The minimum atomic E-state index is -0.311.